The number of thiazole rings is 1. The Morgan fingerprint density at radius 2 is 2.19 bits per heavy atom. The van der Waals surface area contributed by atoms with Gasteiger partial charge in [0.2, 0.25) is 0 Å². The molecule has 2 heterocycles. The van der Waals surface area contributed by atoms with Gasteiger partial charge >= 0.3 is 0 Å². The van der Waals surface area contributed by atoms with Gasteiger partial charge in [0.1, 0.15) is 6.54 Å². The molecular weight excluding hydrogens is 354 g/mol. The van der Waals surface area contributed by atoms with E-state index in [4.69, 9.17) is 0 Å². The number of carbonyl (C=O) groups excluding carboxylic acids is 1. The molecule has 0 bridgehead atoms. The molecule has 2 aromatic heterocycles. The predicted molar refractivity (Wildman–Crippen MR) is 98.9 cm³/mol. The number of benzene rings is 1. The summed E-state index contributed by atoms with van der Waals surface area (Å²) in [6.45, 7) is 7.96. The summed E-state index contributed by atoms with van der Waals surface area (Å²) in [6, 6.07) is 6.49. The van der Waals surface area contributed by atoms with Gasteiger partial charge in [-0.25, -0.2) is 0 Å². The average molecular weight is 371 g/mol. The lowest BCUT2D eigenvalue weighted by Crippen LogP contribution is -2.19. The highest BCUT2D eigenvalue weighted by Gasteiger charge is 2.13. The number of hydrogen-bond acceptors (Lipinski definition) is 5. The summed E-state index contributed by atoms with van der Waals surface area (Å²) in [7, 11) is 0. The Morgan fingerprint density at radius 3 is 2.81 bits per heavy atom. The number of carbonyl (C=O) groups is 1. The van der Waals surface area contributed by atoms with E-state index in [-0.39, 0.29) is 18.1 Å². The molecule has 26 heavy (non-hydrogen) atoms. The molecule has 0 fully saturated rings. The standard InChI is InChI=1S/C17H17N5O3S/c1-4-7-20-14-6-5-13(22(24)25)9-15(14)26-17(20)18-16(23)10-21-12(3)8-11(2)19-21/h4-6,8-9H,1,7,10H2,2-3H3. The van der Waals surface area contributed by atoms with Gasteiger partial charge in [-0.2, -0.15) is 10.1 Å². The molecule has 8 nitrogen and oxygen atoms in total. The van der Waals surface area contributed by atoms with Crippen molar-refractivity contribution >= 4 is 33.1 Å². The van der Waals surface area contributed by atoms with Crippen LogP contribution in [0, 0.1) is 24.0 Å². The zero-order valence-corrected chi connectivity index (χ0v) is 15.2. The van der Waals surface area contributed by atoms with Gasteiger partial charge in [0.05, 0.1) is 20.8 Å². The summed E-state index contributed by atoms with van der Waals surface area (Å²) in [5, 5.41) is 15.2. The molecule has 1 amide bonds. The number of fused-ring (bicyclic) bond motifs is 1. The number of allylic oxidation sites excluding steroid dienone is 1. The van der Waals surface area contributed by atoms with Crippen molar-refractivity contribution in [3.05, 3.63) is 63.2 Å². The van der Waals surface area contributed by atoms with Crippen LogP contribution in [0.4, 0.5) is 5.69 Å². The fraction of sp³-hybridized carbons (Fsp3) is 0.235. The van der Waals surface area contributed by atoms with E-state index in [1.165, 1.54) is 23.5 Å². The molecule has 3 aromatic rings. The first-order valence-corrected chi connectivity index (χ1v) is 8.68. The molecule has 0 saturated heterocycles. The highest BCUT2D eigenvalue weighted by Crippen LogP contribution is 2.23. The van der Waals surface area contributed by atoms with Gasteiger partial charge in [-0.3, -0.25) is 19.6 Å². The summed E-state index contributed by atoms with van der Waals surface area (Å²) >= 11 is 1.24. The maximum absolute atomic E-state index is 12.4. The summed E-state index contributed by atoms with van der Waals surface area (Å²) in [5.74, 6) is -0.338. The Labute approximate surface area is 152 Å². The van der Waals surface area contributed by atoms with Crippen LogP contribution in [0.1, 0.15) is 11.4 Å². The molecule has 0 radical (unpaired) electrons. The number of hydrogen-bond donors (Lipinski definition) is 0. The molecule has 0 aliphatic rings. The molecule has 0 aliphatic carbocycles. The van der Waals surface area contributed by atoms with Crippen molar-refractivity contribution in [2.75, 3.05) is 0 Å². The summed E-state index contributed by atoms with van der Waals surface area (Å²) in [6.07, 6.45) is 1.69. The summed E-state index contributed by atoms with van der Waals surface area (Å²) in [4.78, 5) is 27.6. The minimum atomic E-state index is -0.443. The molecule has 0 unspecified atom stereocenters. The summed E-state index contributed by atoms with van der Waals surface area (Å²) < 4.78 is 4.12. The number of nitro groups is 1. The van der Waals surface area contributed by atoms with Crippen LogP contribution in [0.5, 0.6) is 0 Å². The third-order valence-electron chi connectivity index (χ3n) is 3.80. The molecule has 0 saturated carbocycles. The fourth-order valence-electron chi connectivity index (χ4n) is 2.67. The second-order valence-corrected chi connectivity index (χ2v) is 6.79. The van der Waals surface area contributed by atoms with Crippen LogP contribution in [0.2, 0.25) is 0 Å². The number of amides is 1. The quantitative estimate of drug-likeness (QED) is 0.391. The van der Waals surface area contributed by atoms with E-state index < -0.39 is 4.92 Å². The average Bonchev–Trinajstić information content (AvgIpc) is 3.06. The smallest absolute Gasteiger partial charge is 0.270 e. The van der Waals surface area contributed by atoms with E-state index in [0.29, 0.717) is 16.0 Å². The number of non-ortho nitro benzene ring substituents is 1. The lowest BCUT2D eigenvalue weighted by molar-refractivity contribution is -0.384. The van der Waals surface area contributed by atoms with Crippen LogP contribution in [0.3, 0.4) is 0 Å². The first-order valence-electron chi connectivity index (χ1n) is 7.86. The Bertz CT molecular complexity index is 1090. The number of nitro benzene ring substituents is 1. The zero-order chi connectivity index (χ0) is 18.8. The van der Waals surface area contributed by atoms with Crippen molar-refractivity contribution in [3.63, 3.8) is 0 Å². The third-order valence-corrected chi connectivity index (χ3v) is 4.84. The fourth-order valence-corrected chi connectivity index (χ4v) is 3.76. The van der Waals surface area contributed by atoms with E-state index in [1.807, 2.05) is 24.5 Å². The second-order valence-electron chi connectivity index (χ2n) is 5.78. The molecule has 9 heteroatoms. The van der Waals surface area contributed by atoms with Crippen LogP contribution < -0.4 is 4.80 Å². The monoisotopic (exact) mass is 371 g/mol. The number of rotatable bonds is 5. The van der Waals surface area contributed by atoms with Crippen LogP contribution in [-0.4, -0.2) is 25.2 Å². The Kier molecular flexibility index (Phi) is 4.81. The van der Waals surface area contributed by atoms with Gasteiger partial charge in [-0.1, -0.05) is 17.4 Å². The Hall–Kier alpha value is -3.07. The highest BCUT2D eigenvalue weighted by molar-refractivity contribution is 7.16. The maximum atomic E-state index is 12.4. The van der Waals surface area contributed by atoms with E-state index in [1.54, 1.807) is 16.8 Å². The molecule has 1 aromatic carbocycles. The molecule has 0 aliphatic heterocycles. The van der Waals surface area contributed by atoms with Crippen molar-refractivity contribution in [2.24, 2.45) is 4.99 Å². The van der Waals surface area contributed by atoms with E-state index in [9.17, 15) is 14.9 Å². The normalized spacial score (nSPS) is 11.8. The SMILES string of the molecule is C=CCn1c(=NC(=O)Cn2nc(C)cc2C)sc2cc([N+](=O)[O-])ccc21. The topological polar surface area (TPSA) is 95.3 Å². The van der Waals surface area contributed by atoms with Crippen molar-refractivity contribution in [3.8, 4) is 0 Å². The molecular formula is C17H17N5O3S. The van der Waals surface area contributed by atoms with Gasteiger partial charge < -0.3 is 4.57 Å². The van der Waals surface area contributed by atoms with Gasteiger partial charge in [-0.15, -0.1) is 6.58 Å². The maximum Gasteiger partial charge on any atom is 0.270 e. The number of aryl methyl sites for hydroxylation is 2. The largest absolute Gasteiger partial charge is 0.312 e. The molecule has 0 spiro atoms. The van der Waals surface area contributed by atoms with Crippen LogP contribution in [0.15, 0.2) is 41.9 Å². The van der Waals surface area contributed by atoms with Crippen molar-refractivity contribution < 1.29 is 9.72 Å². The van der Waals surface area contributed by atoms with Crippen LogP contribution in [-0.2, 0) is 17.9 Å². The first-order chi connectivity index (χ1) is 12.4. The lowest BCUT2D eigenvalue weighted by Gasteiger charge is -2.02. The third kappa shape index (κ3) is 3.47. The van der Waals surface area contributed by atoms with Gasteiger partial charge in [0.25, 0.3) is 11.6 Å². The second kappa shape index (κ2) is 7.04. The minimum Gasteiger partial charge on any atom is -0.312 e. The van der Waals surface area contributed by atoms with Gasteiger partial charge in [0, 0.05) is 24.4 Å². The molecule has 0 atom stereocenters. The number of nitrogens with zero attached hydrogens (tertiary/aromatic N) is 5. The summed E-state index contributed by atoms with van der Waals surface area (Å²) in [5.41, 5.74) is 2.51. The Morgan fingerprint density at radius 1 is 1.42 bits per heavy atom. The minimum absolute atomic E-state index is 0.00465. The van der Waals surface area contributed by atoms with E-state index >= 15 is 0 Å². The predicted octanol–water partition coefficient (Wildman–Crippen LogP) is 2.74. The Balaban J connectivity index is 2.04. The van der Waals surface area contributed by atoms with E-state index in [2.05, 4.69) is 16.7 Å². The molecule has 3 rings (SSSR count). The van der Waals surface area contributed by atoms with E-state index in [0.717, 1.165) is 16.9 Å². The van der Waals surface area contributed by atoms with Crippen molar-refractivity contribution in [1.29, 1.82) is 0 Å². The zero-order valence-electron chi connectivity index (χ0n) is 14.4. The number of aromatic nitrogens is 3. The van der Waals surface area contributed by atoms with Gasteiger partial charge in [0.15, 0.2) is 4.80 Å². The van der Waals surface area contributed by atoms with Crippen molar-refractivity contribution in [2.45, 2.75) is 26.9 Å². The van der Waals surface area contributed by atoms with Gasteiger partial charge in [-0.05, 0) is 26.0 Å². The van der Waals surface area contributed by atoms with Crippen LogP contribution in [0.25, 0.3) is 10.2 Å². The lowest BCUT2D eigenvalue weighted by atomic mass is 10.3. The molecule has 0 N–H and O–H groups in total. The molecule has 134 valence electrons. The van der Waals surface area contributed by atoms with Crippen molar-refractivity contribution in [1.82, 2.24) is 14.3 Å². The highest BCUT2D eigenvalue weighted by atomic mass is 32.1. The van der Waals surface area contributed by atoms with Crippen LogP contribution >= 0.6 is 11.3 Å². The first kappa shape index (κ1) is 17.7.